The number of rotatable bonds is 1. The van der Waals surface area contributed by atoms with Crippen molar-refractivity contribution in [1.29, 1.82) is 0 Å². The van der Waals surface area contributed by atoms with Crippen molar-refractivity contribution in [2.45, 2.75) is 25.9 Å². The second kappa shape index (κ2) is 4.53. The molecule has 1 saturated heterocycles. The molecule has 0 atom stereocenters. The van der Waals surface area contributed by atoms with Gasteiger partial charge in [-0.05, 0) is 31.9 Å². The van der Waals surface area contributed by atoms with Gasteiger partial charge in [0.25, 0.3) is 0 Å². The van der Waals surface area contributed by atoms with Gasteiger partial charge in [0.15, 0.2) is 5.82 Å². The average molecular weight is 243 g/mol. The van der Waals surface area contributed by atoms with E-state index >= 15 is 0 Å². The summed E-state index contributed by atoms with van der Waals surface area (Å²) >= 11 is 0. The molecule has 4 heteroatoms. The lowest BCUT2D eigenvalue weighted by molar-refractivity contribution is 0.145. The normalized spacial score (nSPS) is 17.3. The average Bonchev–Trinajstić information content (AvgIpc) is 2.39. The van der Waals surface area contributed by atoms with Crippen molar-refractivity contribution in [3.05, 3.63) is 30.0 Å². The molecule has 4 nitrogen and oxygen atoms in total. The third-order valence-electron chi connectivity index (χ3n) is 3.48. The van der Waals surface area contributed by atoms with E-state index in [-0.39, 0.29) is 6.10 Å². The van der Waals surface area contributed by atoms with E-state index in [0.29, 0.717) is 0 Å². The van der Waals surface area contributed by atoms with E-state index in [9.17, 15) is 5.11 Å². The molecule has 1 fully saturated rings. The summed E-state index contributed by atoms with van der Waals surface area (Å²) in [5, 5.41) is 9.55. The maximum absolute atomic E-state index is 9.55. The van der Waals surface area contributed by atoms with Crippen LogP contribution < -0.4 is 4.90 Å². The van der Waals surface area contributed by atoms with Crippen LogP contribution in [-0.2, 0) is 0 Å². The molecule has 1 N–H and O–H groups in total. The van der Waals surface area contributed by atoms with Crippen molar-refractivity contribution in [3.63, 3.8) is 0 Å². The SMILES string of the molecule is Cc1nc2ccccc2nc1N1CCC(O)CC1. The van der Waals surface area contributed by atoms with Crippen molar-refractivity contribution in [3.8, 4) is 0 Å². The molecule has 0 saturated carbocycles. The van der Waals surface area contributed by atoms with Crippen LogP contribution in [0.15, 0.2) is 24.3 Å². The Balaban J connectivity index is 1.98. The first-order valence-electron chi connectivity index (χ1n) is 6.40. The van der Waals surface area contributed by atoms with Crippen LogP contribution in [0.5, 0.6) is 0 Å². The molecule has 0 radical (unpaired) electrons. The van der Waals surface area contributed by atoms with Crippen LogP contribution in [0, 0.1) is 6.92 Å². The number of aliphatic hydroxyl groups is 1. The number of aliphatic hydroxyl groups excluding tert-OH is 1. The second-order valence-corrected chi connectivity index (χ2v) is 4.84. The first-order valence-corrected chi connectivity index (χ1v) is 6.40. The molecule has 2 heterocycles. The lowest BCUT2D eigenvalue weighted by Crippen LogP contribution is -2.36. The van der Waals surface area contributed by atoms with Crippen LogP contribution in [0.25, 0.3) is 11.0 Å². The number of benzene rings is 1. The highest BCUT2D eigenvalue weighted by molar-refractivity contribution is 5.76. The Kier molecular flexibility index (Phi) is 2.88. The standard InChI is InChI=1S/C14H17N3O/c1-10-14(17-8-6-11(18)7-9-17)16-13-5-3-2-4-12(13)15-10/h2-5,11,18H,6-9H2,1H3. The van der Waals surface area contributed by atoms with Gasteiger partial charge >= 0.3 is 0 Å². The first kappa shape index (κ1) is 11.4. The Morgan fingerprint density at radius 2 is 1.72 bits per heavy atom. The van der Waals surface area contributed by atoms with Crippen LogP contribution in [0.3, 0.4) is 0 Å². The Morgan fingerprint density at radius 1 is 1.11 bits per heavy atom. The largest absolute Gasteiger partial charge is 0.393 e. The lowest BCUT2D eigenvalue weighted by Gasteiger charge is -2.31. The van der Waals surface area contributed by atoms with Crippen molar-refractivity contribution < 1.29 is 5.11 Å². The van der Waals surface area contributed by atoms with E-state index in [1.807, 2.05) is 31.2 Å². The van der Waals surface area contributed by atoms with Gasteiger partial charge in [-0.2, -0.15) is 0 Å². The summed E-state index contributed by atoms with van der Waals surface area (Å²) in [5.74, 6) is 0.959. The number of hydrogen-bond acceptors (Lipinski definition) is 4. The molecule has 94 valence electrons. The molecule has 0 unspecified atom stereocenters. The molecule has 1 aliphatic rings. The van der Waals surface area contributed by atoms with E-state index in [1.165, 1.54) is 0 Å². The third kappa shape index (κ3) is 2.04. The number of anilines is 1. The molecular formula is C14H17N3O. The number of nitrogens with zero attached hydrogens (tertiary/aromatic N) is 3. The fourth-order valence-electron chi connectivity index (χ4n) is 2.46. The molecule has 0 aliphatic carbocycles. The van der Waals surface area contributed by atoms with Gasteiger partial charge in [-0.25, -0.2) is 9.97 Å². The predicted molar refractivity (Wildman–Crippen MR) is 71.7 cm³/mol. The fourth-order valence-corrected chi connectivity index (χ4v) is 2.46. The predicted octanol–water partition coefficient (Wildman–Crippen LogP) is 1.90. The molecule has 18 heavy (non-hydrogen) atoms. The summed E-state index contributed by atoms with van der Waals surface area (Å²) in [4.78, 5) is 11.5. The number of hydrogen-bond donors (Lipinski definition) is 1. The summed E-state index contributed by atoms with van der Waals surface area (Å²) in [6, 6.07) is 7.94. The lowest BCUT2D eigenvalue weighted by atomic mass is 10.1. The number of fused-ring (bicyclic) bond motifs is 1. The minimum absolute atomic E-state index is 0.157. The molecule has 0 amide bonds. The molecule has 1 aromatic heterocycles. The maximum atomic E-state index is 9.55. The number of para-hydroxylation sites is 2. The third-order valence-corrected chi connectivity index (χ3v) is 3.48. The Morgan fingerprint density at radius 3 is 2.39 bits per heavy atom. The van der Waals surface area contributed by atoms with Gasteiger partial charge < -0.3 is 10.0 Å². The van der Waals surface area contributed by atoms with Gasteiger partial charge in [-0.15, -0.1) is 0 Å². The first-order chi connectivity index (χ1) is 8.74. The monoisotopic (exact) mass is 243 g/mol. The zero-order valence-electron chi connectivity index (χ0n) is 10.5. The fraction of sp³-hybridized carbons (Fsp3) is 0.429. The van der Waals surface area contributed by atoms with E-state index in [0.717, 1.165) is 48.5 Å². The quantitative estimate of drug-likeness (QED) is 0.831. The summed E-state index contributed by atoms with van der Waals surface area (Å²) in [6.07, 6.45) is 1.47. The molecule has 3 rings (SSSR count). The highest BCUT2D eigenvalue weighted by atomic mass is 16.3. The Hall–Kier alpha value is -1.68. The van der Waals surface area contributed by atoms with Crippen LogP contribution in [0.2, 0.25) is 0 Å². The zero-order valence-corrected chi connectivity index (χ0v) is 10.5. The van der Waals surface area contributed by atoms with E-state index in [2.05, 4.69) is 9.88 Å². The van der Waals surface area contributed by atoms with Gasteiger partial charge in [0, 0.05) is 13.1 Å². The van der Waals surface area contributed by atoms with E-state index < -0.39 is 0 Å². The van der Waals surface area contributed by atoms with Gasteiger partial charge in [0.05, 0.1) is 22.8 Å². The number of aryl methyl sites for hydroxylation is 1. The van der Waals surface area contributed by atoms with Crippen LogP contribution in [-0.4, -0.2) is 34.3 Å². The van der Waals surface area contributed by atoms with E-state index in [4.69, 9.17) is 4.98 Å². The highest BCUT2D eigenvalue weighted by Gasteiger charge is 2.20. The minimum Gasteiger partial charge on any atom is -0.393 e. The summed E-state index contributed by atoms with van der Waals surface area (Å²) in [5.41, 5.74) is 2.84. The molecular weight excluding hydrogens is 226 g/mol. The van der Waals surface area contributed by atoms with Gasteiger partial charge in [-0.3, -0.25) is 0 Å². The summed E-state index contributed by atoms with van der Waals surface area (Å²) in [7, 11) is 0. The van der Waals surface area contributed by atoms with Crippen LogP contribution in [0.4, 0.5) is 5.82 Å². The van der Waals surface area contributed by atoms with E-state index in [1.54, 1.807) is 0 Å². The van der Waals surface area contributed by atoms with Crippen molar-refractivity contribution in [2.75, 3.05) is 18.0 Å². The zero-order chi connectivity index (χ0) is 12.5. The molecule has 1 aliphatic heterocycles. The highest BCUT2D eigenvalue weighted by Crippen LogP contribution is 2.23. The molecule has 2 aromatic rings. The smallest absolute Gasteiger partial charge is 0.150 e. The Bertz CT molecular complexity index is 562. The van der Waals surface area contributed by atoms with Gasteiger partial charge in [0.2, 0.25) is 0 Å². The van der Waals surface area contributed by atoms with Crippen molar-refractivity contribution in [1.82, 2.24) is 9.97 Å². The maximum Gasteiger partial charge on any atom is 0.150 e. The molecule has 0 spiro atoms. The second-order valence-electron chi connectivity index (χ2n) is 4.84. The van der Waals surface area contributed by atoms with Gasteiger partial charge in [-0.1, -0.05) is 12.1 Å². The summed E-state index contributed by atoms with van der Waals surface area (Å²) < 4.78 is 0. The topological polar surface area (TPSA) is 49.2 Å². The molecule has 1 aromatic carbocycles. The Labute approximate surface area is 106 Å². The summed E-state index contributed by atoms with van der Waals surface area (Å²) in [6.45, 7) is 3.71. The molecule has 0 bridgehead atoms. The van der Waals surface area contributed by atoms with Gasteiger partial charge in [0.1, 0.15) is 0 Å². The number of aromatic nitrogens is 2. The van der Waals surface area contributed by atoms with Crippen molar-refractivity contribution in [2.24, 2.45) is 0 Å². The van der Waals surface area contributed by atoms with Crippen LogP contribution in [0.1, 0.15) is 18.5 Å². The minimum atomic E-state index is -0.157. The van der Waals surface area contributed by atoms with Crippen molar-refractivity contribution >= 4 is 16.9 Å². The van der Waals surface area contributed by atoms with Crippen LogP contribution >= 0.6 is 0 Å². The number of piperidine rings is 1.